The summed E-state index contributed by atoms with van der Waals surface area (Å²) >= 11 is 0. The van der Waals surface area contributed by atoms with E-state index in [4.69, 9.17) is 5.73 Å². The summed E-state index contributed by atoms with van der Waals surface area (Å²) in [4.78, 5) is 19.4. The van der Waals surface area contributed by atoms with Gasteiger partial charge in [0.2, 0.25) is 5.91 Å². The lowest BCUT2D eigenvalue weighted by Crippen LogP contribution is -2.48. The van der Waals surface area contributed by atoms with E-state index in [0.29, 0.717) is 6.04 Å². The SMILES string of the molecule is CC1=NCCCN1C1CCC(NC(=O)C(N)c2ccccc2)CC1. The summed E-state index contributed by atoms with van der Waals surface area (Å²) in [5.41, 5.74) is 6.95. The quantitative estimate of drug-likeness (QED) is 0.890. The van der Waals surface area contributed by atoms with Gasteiger partial charge < -0.3 is 16.0 Å². The van der Waals surface area contributed by atoms with Gasteiger partial charge in [-0.15, -0.1) is 0 Å². The number of nitrogens with two attached hydrogens (primary N) is 1. The summed E-state index contributed by atoms with van der Waals surface area (Å²) in [7, 11) is 0. The molecule has 130 valence electrons. The van der Waals surface area contributed by atoms with Gasteiger partial charge in [-0.1, -0.05) is 30.3 Å². The minimum Gasteiger partial charge on any atom is -0.358 e. The van der Waals surface area contributed by atoms with Gasteiger partial charge in [0.25, 0.3) is 0 Å². The predicted octanol–water partition coefficient (Wildman–Crippen LogP) is 2.24. The highest BCUT2D eigenvalue weighted by Crippen LogP contribution is 2.25. The Hall–Kier alpha value is -1.88. The first kappa shape index (κ1) is 17.0. The second-order valence-electron chi connectivity index (χ2n) is 6.88. The summed E-state index contributed by atoms with van der Waals surface area (Å²) in [6.07, 6.45) is 5.40. The van der Waals surface area contributed by atoms with Crippen LogP contribution in [-0.2, 0) is 4.79 Å². The monoisotopic (exact) mass is 328 g/mol. The average Bonchev–Trinajstić information content (AvgIpc) is 2.63. The Morgan fingerprint density at radius 3 is 2.62 bits per heavy atom. The van der Waals surface area contributed by atoms with Gasteiger partial charge in [-0.05, 0) is 44.6 Å². The molecular formula is C19H28N4O. The first-order valence-electron chi connectivity index (χ1n) is 9.04. The Labute approximate surface area is 144 Å². The van der Waals surface area contributed by atoms with E-state index in [1.54, 1.807) is 0 Å². The number of rotatable bonds is 4. The highest BCUT2D eigenvalue weighted by atomic mass is 16.2. The number of carbonyl (C=O) groups excluding carboxylic acids is 1. The molecule has 1 heterocycles. The third-order valence-corrected chi connectivity index (χ3v) is 5.24. The second-order valence-corrected chi connectivity index (χ2v) is 6.88. The minimum atomic E-state index is -0.583. The zero-order valence-corrected chi connectivity index (χ0v) is 14.4. The molecule has 1 atom stereocenters. The molecule has 5 heteroatoms. The topological polar surface area (TPSA) is 70.7 Å². The largest absolute Gasteiger partial charge is 0.358 e. The molecule has 0 spiro atoms. The molecule has 1 unspecified atom stereocenters. The van der Waals surface area contributed by atoms with E-state index in [1.165, 1.54) is 5.84 Å². The van der Waals surface area contributed by atoms with Crippen molar-refractivity contribution in [2.75, 3.05) is 13.1 Å². The van der Waals surface area contributed by atoms with Gasteiger partial charge in [0.05, 0.1) is 5.84 Å². The Kier molecular flexibility index (Phi) is 5.51. The predicted molar refractivity (Wildman–Crippen MR) is 96.9 cm³/mol. The zero-order chi connectivity index (χ0) is 16.9. The van der Waals surface area contributed by atoms with E-state index in [0.717, 1.165) is 50.8 Å². The second kappa shape index (κ2) is 7.79. The molecule has 1 aromatic carbocycles. The van der Waals surface area contributed by atoms with E-state index in [2.05, 4.69) is 22.1 Å². The molecule has 1 aliphatic heterocycles. The van der Waals surface area contributed by atoms with E-state index < -0.39 is 6.04 Å². The molecular weight excluding hydrogens is 300 g/mol. The van der Waals surface area contributed by atoms with Gasteiger partial charge in [0.15, 0.2) is 0 Å². The smallest absolute Gasteiger partial charge is 0.241 e. The van der Waals surface area contributed by atoms with Gasteiger partial charge in [0.1, 0.15) is 6.04 Å². The first-order valence-corrected chi connectivity index (χ1v) is 9.04. The third-order valence-electron chi connectivity index (χ3n) is 5.24. The fourth-order valence-corrected chi connectivity index (χ4v) is 3.82. The molecule has 1 saturated carbocycles. The number of hydrogen-bond acceptors (Lipinski definition) is 4. The third kappa shape index (κ3) is 3.96. The number of amides is 1. The molecule has 2 aliphatic rings. The molecule has 3 N–H and O–H groups in total. The molecule has 0 radical (unpaired) electrons. The van der Waals surface area contributed by atoms with Crippen LogP contribution in [0.4, 0.5) is 0 Å². The summed E-state index contributed by atoms with van der Waals surface area (Å²) in [6, 6.07) is 9.79. The number of benzene rings is 1. The molecule has 5 nitrogen and oxygen atoms in total. The van der Waals surface area contributed by atoms with Gasteiger partial charge >= 0.3 is 0 Å². The van der Waals surface area contributed by atoms with Crippen molar-refractivity contribution in [1.29, 1.82) is 0 Å². The van der Waals surface area contributed by atoms with Crippen LogP contribution < -0.4 is 11.1 Å². The van der Waals surface area contributed by atoms with Gasteiger partial charge in [-0.2, -0.15) is 0 Å². The van der Waals surface area contributed by atoms with Gasteiger partial charge in [0, 0.05) is 25.2 Å². The Morgan fingerprint density at radius 2 is 1.96 bits per heavy atom. The lowest BCUT2D eigenvalue weighted by molar-refractivity contribution is -0.123. The lowest BCUT2D eigenvalue weighted by Gasteiger charge is -2.39. The van der Waals surface area contributed by atoms with Crippen LogP contribution in [0, 0.1) is 0 Å². The van der Waals surface area contributed by atoms with Crippen molar-refractivity contribution < 1.29 is 4.79 Å². The van der Waals surface area contributed by atoms with Crippen LogP contribution in [0.2, 0.25) is 0 Å². The molecule has 1 fully saturated rings. The number of amidine groups is 1. The minimum absolute atomic E-state index is 0.0691. The number of nitrogens with one attached hydrogen (secondary N) is 1. The van der Waals surface area contributed by atoms with Crippen LogP contribution in [-0.4, -0.2) is 41.8 Å². The van der Waals surface area contributed by atoms with Crippen molar-refractivity contribution in [2.24, 2.45) is 10.7 Å². The first-order chi connectivity index (χ1) is 11.6. The number of nitrogens with zero attached hydrogens (tertiary/aromatic N) is 2. The average molecular weight is 328 g/mol. The summed E-state index contributed by atoms with van der Waals surface area (Å²) in [6.45, 7) is 4.20. The van der Waals surface area contributed by atoms with Crippen LogP contribution in [0.25, 0.3) is 0 Å². The fraction of sp³-hybridized carbons (Fsp3) is 0.579. The van der Waals surface area contributed by atoms with Crippen molar-refractivity contribution >= 4 is 11.7 Å². The summed E-state index contributed by atoms with van der Waals surface area (Å²) in [5, 5.41) is 3.14. The molecule has 0 bridgehead atoms. The van der Waals surface area contributed by atoms with E-state index in [1.807, 2.05) is 30.3 Å². The molecule has 1 amide bonds. The van der Waals surface area contributed by atoms with Crippen LogP contribution >= 0.6 is 0 Å². The highest BCUT2D eigenvalue weighted by molar-refractivity contribution is 5.83. The van der Waals surface area contributed by atoms with Crippen LogP contribution in [0.1, 0.15) is 50.6 Å². The summed E-state index contributed by atoms with van der Waals surface area (Å²) < 4.78 is 0. The van der Waals surface area contributed by atoms with E-state index >= 15 is 0 Å². The molecule has 3 rings (SSSR count). The Morgan fingerprint density at radius 1 is 1.25 bits per heavy atom. The molecule has 1 aliphatic carbocycles. The van der Waals surface area contributed by atoms with Crippen LogP contribution in [0.5, 0.6) is 0 Å². The van der Waals surface area contributed by atoms with Crippen LogP contribution in [0.15, 0.2) is 35.3 Å². The maximum Gasteiger partial charge on any atom is 0.241 e. The van der Waals surface area contributed by atoms with E-state index in [9.17, 15) is 4.79 Å². The Balaban J connectivity index is 1.49. The number of carbonyl (C=O) groups is 1. The van der Waals surface area contributed by atoms with Gasteiger partial charge in [-0.3, -0.25) is 9.79 Å². The molecule has 1 aromatic rings. The molecule has 24 heavy (non-hydrogen) atoms. The highest BCUT2D eigenvalue weighted by Gasteiger charge is 2.29. The molecule has 0 saturated heterocycles. The zero-order valence-electron chi connectivity index (χ0n) is 14.4. The standard InChI is InChI=1S/C19H28N4O/c1-14-21-12-5-13-23(14)17-10-8-16(9-11-17)22-19(24)18(20)15-6-3-2-4-7-15/h2-4,6-7,16-18H,5,8-13,20H2,1H3,(H,22,24). The normalized spacial score (nSPS) is 25.8. The van der Waals surface area contributed by atoms with Crippen molar-refractivity contribution in [3.05, 3.63) is 35.9 Å². The fourth-order valence-electron chi connectivity index (χ4n) is 3.82. The maximum atomic E-state index is 12.4. The molecule has 0 aromatic heterocycles. The maximum absolute atomic E-state index is 12.4. The Bertz CT molecular complexity index is 578. The number of hydrogen-bond donors (Lipinski definition) is 2. The summed E-state index contributed by atoms with van der Waals surface area (Å²) in [5.74, 6) is 1.11. The number of aliphatic imine (C=N–C) groups is 1. The van der Waals surface area contributed by atoms with Crippen molar-refractivity contribution in [3.8, 4) is 0 Å². The van der Waals surface area contributed by atoms with Crippen molar-refractivity contribution in [3.63, 3.8) is 0 Å². The van der Waals surface area contributed by atoms with Crippen LogP contribution in [0.3, 0.4) is 0 Å². The lowest BCUT2D eigenvalue weighted by atomic mass is 9.89. The van der Waals surface area contributed by atoms with Crippen molar-refractivity contribution in [1.82, 2.24) is 10.2 Å². The van der Waals surface area contributed by atoms with Gasteiger partial charge in [-0.25, -0.2) is 0 Å². The van der Waals surface area contributed by atoms with Crippen molar-refractivity contribution in [2.45, 2.75) is 57.2 Å². The van der Waals surface area contributed by atoms with E-state index in [-0.39, 0.29) is 11.9 Å².